The van der Waals surface area contributed by atoms with Gasteiger partial charge in [-0.3, -0.25) is 9.59 Å². The third kappa shape index (κ3) is 2.98. The Bertz CT molecular complexity index is 531. The molecular formula is C11H10N2O2S2. The van der Waals surface area contributed by atoms with Crippen molar-refractivity contribution >= 4 is 34.4 Å². The lowest BCUT2D eigenvalue weighted by molar-refractivity contribution is -0.117. The minimum atomic E-state index is -0.585. The molecule has 0 fully saturated rings. The first-order valence-corrected chi connectivity index (χ1v) is 6.70. The number of nitrogens with zero attached hydrogens (tertiary/aromatic N) is 1. The summed E-state index contributed by atoms with van der Waals surface area (Å²) in [6.07, 6.45) is 0. The van der Waals surface area contributed by atoms with Crippen LogP contribution in [-0.2, 0) is 11.3 Å². The summed E-state index contributed by atoms with van der Waals surface area (Å²) in [5, 5.41) is 7.14. The summed E-state index contributed by atoms with van der Waals surface area (Å²) in [7, 11) is 0. The summed E-state index contributed by atoms with van der Waals surface area (Å²) in [4.78, 5) is 27.8. The zero-order valence-electron chi connectivity index (χ0n) is 9.10. The smallest absolute Gasteiger partial charge is 0.293 e. The molecule has 1 amide bonds. The minimum Gasteiger partial charge on any atom is -0.343 e. The molecule has 0 saturated carbocycles. The van der Waals surface area contributed by atoms with Crippen LogP contribution in [0.1, 0.15) is 20.4 Å². The van der Waals surface area contributed by atoms with E-state index in [0.717, 1.165) is 10.7 Å². The fourth-order valence-electron chi connectivity index (χ4n) is 1.26. The zero-order chi connectivity index (χ0) is 12.3. The molecule has 0 aliphatic rings. The summed E-state index contributed by atoms with van der Waals surface area (Å²) in [6, 6.07) is 3.38. The molecule has 0 spiro atoms. The summed E-state index contributed by atoms with van der Waals surface area (Å²) >= 11 is 2.78. The van der Waals surface area contributed by atoms with Crippen LogP contribution in [0.2, 0.25) is 0 Å². The normalized spacial score (nSPS) is 10.2. The van der Waals surface area contributed by atoms with Crippen molar-refractivity contribution in [2.24, 2.45) is 0 Å². The highest BCUT2D eigenvalue weighted by atomic mass is 32.1. The van der Waals surface area contributed by atoms with Gasteiger partial charge in [-0.25, -0.2) is 4.98 Å². The second kappa shape index (κ2) is 5.20. The molecule has 2 rings (SSSR count). The number of ketones is 1. The Morgan fingerprint density at radius 1 is 1.41 bits per heavy atom. The van der Waals surface area contributed by atoms with Crippen LogP contribution in [0.25, 0.3) is 0 Å². The average Bonchev–Trinajstić information content (AvgIpc) is 2.95. The third-order valence-corrected chi connectivity index (χ3v) is 3.74. The maximum Gasteiger partial charge on any atom is 0.293 e. The molecule has 1 N–H and O–H groups in total. The zero-order valence-corrected chi connectivity index (χ0v) is 10.7. The number of thiophene rings is 1. The predicted octanol–water partition coefficient (Wildman–Crippen LogP) is 2.01. The highest BCUT2D eigenvalue weighted by molar-refractivity contribution is 7.13. The van der Waals surface area contributed by atoms with Crippen LogP contribution < -0.4 is 5.32 Å². The summed E-state index contributed by atoms with van der Waals surface area (Å²) < 4.78 is 0. The third-order valence-electron chi connectivity index (χ3n) is 2.05. The van der Waals surface area contributed by atoms with Gasteiger partial charge in [0.1, 0.15) is 0 Å². The van der Waals surface area contributed by atoms with Crippen LogP contribution in [0.4, 0.5) is 0 Å². The molecule has 4 nitrogen and oxygen atoms in total. The van der Waals surface area contributed by atoms with Crippen LogP contribution in [0.3, 0.4) is 0 Å². The van der Waals surface area contributed by atoms with Gasteiger partial charge in [0.25, 0.3) is 11.7 Å². The molecule has 0 atom stereocenters. The van der Waals surface area contributed by atoms with E-state index in [1.807, 2.05) is 12.3 Å². The number of aryl methyl sites for hydroxylation is 1. The lowest BCUT2D eigenvalue weighted by Crippen LogP contribution is -2.30. The van der Waals surface area contributed by atoms with E-state index in [-0.39, 0.29) is 0 Å². The van der Waals surface area contributed by atoms with E-state index in [1.165, 1.54) is 22.7 Å². The summed E-state index contributed by atoms with van der Waals surface area (Å²) in [5.74, 6) is -1.08. The lowest BCUT2D eigenvalue weighted by atomic mass is 10.3. The number of rotatable bonds is 4. The van der Waals surface area contributed by atoms with Gasteiger partial charge in [-0.1, -0.05) is 6.07 Å². The van der Waals surface area contributed by atoms with Gasteiger partial charge >= 0.3 is 0 Å². The lowest BCUT2D eigenvalue weighted by Gasteiger charge is -2.00. The highest BCUT2D eigenvalue weighted by Crippen LogP contribution is 2.10. The number of hydrogen-bond acceptors (Lipinski definition) is 5. The molecule has 2 aromatic rings. The SMILES string of the molecule is Cc1nc(CNC(=O)C(=O)c2cccs2)cs1. The van der Waals surface area contributed by atoms with Crippen LogP contribution in [-0.4, -0.2) is 16.7 Å². The Hall–Kier alpha value is -1.53. The van der Waals surface area contributed by atoms with Gasteiger partial charge in [0.05, 0.1) is 22.1 Å². The Morgan fingerprint density at radius 2 is 2.24 bits per heavy atom. The Balaban J connectivity index is 1.92. The second-order valence-corrected chi connectivity index (χ2v) is 5.36. The van der Waals surface area contributed by atoms with E-state index in [2.05, 4.69) is 10.3 Å². The molecule has 2 heterocycles. The van der Waals surface area contributed by atoms with E-state index < -0.39 is 11.7 Å². The van der Waals surface area contributed by atoms with Crippen molar-refractivity contribution in [2.75, 3.05) is 0 Å². The van der Waals surface area contributed by atoms with Crippen LogP contribution in [0.5, 0.6) is 0 Å². The number of Topliss-reactive ketones (excluding diaryl/α,β-unsaturated/α-hetero) is 1. The van der Waals surface area contributed by atoms with Crippen molar-refractivity contribution < 1.29 is 9.59 Å². The molecule has 0 radical (unpaired) electrons. The van der Waals surface area contributed by atoms with Crippen molar-refractivity contribution in [3.05, 3.63) is 38.5 Å². The van der Waals surface area contributed by atoms with E-state index in [9.17, 15) is 9.59 Å². The van der Waals surface area contributed by atoms with E-state index in [0.29, 0.717) is 11.4 Å². The number of hydrogen-bond donors (Lipinski definition) is 1. The topological polar surface area (TPSA) is 59.1 Å². The van der Waals surface area contributed by atoms with Crippen LogP contribution in [0, 0.1) is 6.92 Å². The standard InChI is InChI=1S/C11H10N2O2S2/c1-7-13-8(6-17-7)5-12-11(15)10(14)9-3-2-4-16-9/h2-4,6H,5H2,1H3,(H,12,15). The van der Waals surface area contributed by atoms with E-state index >= 15 is 0 Å². The van der Waals surface area contributed by atoms with Crippen molar-refractivity contribution in [3.8, 4) is 0 Å². The molecule has 0 unspecified atom stereocenters. The van der Waals surface area contributed by atoms with Crippen LogP contribution in [0.15, 0.2) is 22.9 Å². The monoisotopic (exact) mass is 266 g/mol. The van der Waals surface area contributed by atoms with Gasteiger partial charge in [-0.2, -0.15) is 0 Å². The number of nitrogens with one attached hydrogen (secondary N) is 1. The minimum absolute atomic E-state index is 0.292. The first-order chi connectivity index (χ1) is 8.16. The summed E-state index contributed by atoms with van der Waals surface area (Å²) in [5.41, 5.74) is 0.778. The van der Waals surface area contributed by atoms with Crippen molar-refractivity contribution in [2.45, 2.75) is 13.5 Å². The molecule has 17 heavy (non-hydrogen) atoms. The van der Waals surface area contributed by atoms with Gasteiger partial charge in [0, 0.05) is 5.38 Å². The summed E-state index contributed by atoms with van der Waals surface area (Å²) in [6.45, 7) is 2.19. The highest BCUT2D eigenvalue weighted by Gasteiger charge is 2.16. The van der Waals surface area contributed by atoms with Crippen molar-refractivity contribution in [1.82, 2.24) is 10.3 Å². The Labute approximate surface area is 106 Å². The number of carbonyl (C=O) groups is 2. The van der Waals surface area contributed by atoms with Crippen LogP contribution >= 0.6 is 22.7 Å². The molecule has 2 aromatic heterocycles. The molecule has 0 saturated heterocycles. The Morgan fingerprint density at radius 3 is 2.82 bits per heavy atom. The molecule has 0 aliphatic heterocycles. The van der Waals surface area contributed by atoms with E-state index in [1.54, 1.807) is 17.5 Å². The number of carbonyl (C=O) groups excluding carboxylic acids is 2. The fourth-order valence-corrected chi connectivity index (χ4v) is 2.53. The van der Waals surface area contributed by atoms with Crippen molar-refractivity contribution in [3.63, 3.8) is 0 Å². The predicted molar refractivity (Wildman–Crippen MR) is 67.3 cm³/mol. The van der Waals surface area contributed by atoms with Gasteiger partial charge in [0.2, 0.25) is 0 Å². The number of aromatic nitrogens is 1. The number of amides is 1. The second-order valence-electron chi connectivity index (χ2n) is 3.35. The average molecular weight is 266 g/mol. The van der Waals surface area contributed by atoms with Gasteiger partial charge in [0.15, 0.2) is 0 Å². The van der Waals surface area contributed by atoms with E-state index in [4.69, 9.17) is 0 Å². The molecule has 88 valence electrons. The van der Waals surface area contributed by atoms with Gasteiger partial charge in [-0.05, 0) is 18.4 Å². The molecule has 6 heteroatoms. The largest absolute Gasteiger partial charge is 0.343 e. The molecule has 0 aromatic carbocycles. The molecular weight excluding hydrogens is 256 g/mol. The molecule has 0 bridgehead atoms. The van der Waals surface area contributed by atoms with Crippen molar-refractivity contribution in [1.29, 1.82) is 0 Å². The maximum absolute atomic E-state index is 11.6. The Kier molecular flexibility index (Phi) is 3.65. The fraction of sp³-hybridized carbons (Fsp3) is 0.182. The first kappa shape index (κ1) is 11.9. The maximum atomic E-state index is 11.6. The van der Waals surface area contributed by atoms with Gasteiger partial charge < -0.3 is 5.32 Å². The first-order valence-electron chi connectivity index (χ1n) is 4.94. The number of thiazole rings is 1. The quantitative estimate of drug-likeness (QED) is 0.680. The molecule has 0 aliphatic carbocycles. The van der Waals surface area contributed by atoms with Gasteiger partial charge in [-0.15, -0.1) is 22.7 Å².